The van der Waals surface area contributed by atoms with Gasteiger partial charge in [-0.2, -0.15) is 0 Å². The third kappa shape index (κ3) is 1.24. The molecule has 3 rings (SSSR count). The number of rotatable bonds is 0. The Kier molecular flexibility index (Phi) is 1.96. The molecule has 1 aliphatic carbocycles. The smallest absolute Gasteiger partial charge is 0.250 e. The lowest BCUT2D eigenvalue weighted by Crippen LogP contribution is -2.50. The van der Waals surface area contributed by atoms with E-state index in [0.717, 1.165) is 42.6 Å². The van der Waals surface area contributed by atoms with Gasteiger partial charge in [0.05, 0.1) is 11.4 Å². The summed E-state index contributed by atoms with van der Waals surface area (Å²) < 4.78 is 0. The Morgan fingerprint density at radius 2 is 2.00 bits per heavy atom. The van der Waals surface area contributed by atoms with E-state index in [2.05, 4.69) is 10.6 Å². The van der Waals surface area contributed by atoms with Crippen molar-refractivity contribution >= 4 is 17.3 Å². The minimum Gasteiger partial charge on any atom is -0.370 e. The lowest BCUT2D eigenvalue weighted by Gasteiger charge is -2.36. The quantitative estimate of drug-likeness (QED) is 0.700. The van der Waals surface area contributed by atoms with Crippen LogP contribution in [0.4, 0.5) is 11.4 Å². The Morgan fingerprint density at radius 1 is 1.25 bits per heavy atom. The Hall–Kier alpha value is -1.51. The fourth-order valence-electron chi connectivity index (χ4n) is 2.82. The zero-order valence-corrected chi connectivity index (χ0v) is 9.47. The first kappa shape index (κ1) is 9.70. The molecule has 1 saturated carbocycles. The third-order valence-corrected chi connectivity index (χ3v) is 3.78. The summed E-state index contributed by atoms with van der Waals surface area (Å²) in [7, 11) is 0. The first-order valence-corrected chi connectivity index (χ1v) is 5.91. The number of aryl methyl sites for hydroxylation is 1. The van der Waals surface area contributed by atoms with E-state index >= 15 is 0 Å². The second kappa shape index (κ2) is 3.24. The molecule has 16 heavy (non-hydrogen) atoms. The average Bonchev–Trinajstić information content (AvgIpc) is 2.71. The molecule has 1 aromatic carbocycles. The van der Waals surface area contributed by atoms with Gasteiger partial charge in [0, 0.05) is 0 Å². The van der Waals surface area contributed by atoms with E-state index in [0.29, 0.717) is 0 Å². The second-order valence-electron chi connectivity index (χ2n) is 4.87. The topological polar surface area (TPSA) is 41.1 Å². The highest BCUT2D eigenvalue weighted by molar-refractivity contribution is 6.06. The van der Waals surface area contributed by atoms with Gasteiger partial charge >= 0.3 is 0 Å². The summed E-state index contributed by atoms with van der Waals surface area (Å²) >= 11 is 0. The lowest BCUT2D eigenvalue weighted by atomic mass is 9.92. The molecule has 3 heteroatoms. The van der Waals surface area contributed by atoms with Crippen molar-refractivity contribution in [1.29, 1.82) is 0 Å². The number of para-hydroxylation sites is 1. The Morgan fingerprint density at radius 3 is 2.75 bits per heavy atom. The second-order valence-corrected chi connectivity index (χ2v) is 4.87. The molecule has 0 unspecified atom stereocenters. The molecule has 1 spiro atoms. The number of carbonyl (C=O) groups is 1. The van der Waals surface area contributed by atoms with Crippen LogP contribution in [-0.4, -0.2) is 11.4 Å². The van der Waals surface area contributed by atoms with Crippen LogP contribution < -0.4 is 10.6 Å². The molecule has 0 bridgehead atoms. The summed E-state index contributed by atoms with van der Waals surface area (Å²) in [5.41, 5.74) is 2.80. The summed E-state index contributed by atoms with van der Waals surface area (Å²) in [6.07, 6.45) is 4.18. The number of carbonyl (C=O) groups excluding carboxylic acids is 1. The fraction of sp³-hybridized carbons (Fsp3) is 0.462. The number of amides is 1. The van der Waals surface area contributed by atoms with E-state index in [1.54, 1.807) is 0 Å². The molecule has 1 amide bonds. The van der Waals surface area contributed by atoms with Crippen LogP contribution >= 0.6 is 0 Å². The molecule has 2 aliphatic rings. The molecule has 1 heterocycles. The van der Waals surface area contributed by atoms with Gasteiger partial charge in [-0.25, -0.2) is 0 Å². The van der Waals surface area contributed by atoms with Crippen LogP contribution in [0.5, 0.6) is 0 Å². The van der Waals surface area contributed by atoms with Crippen LogP contribution in [0.25, 0.3) is 0 Å². The van der Waals surface area contributed by atoms with Gasteiger partial charge in [-0.15, -0.1) is 0 Å². The number of hydrogen-bond acceptors (Lipinski definition) is 2. The monoisotopic (exact) mass is 216 g/mol. The molecule has 84 valence electrons. The van der Waals surface area contributed by atoms with Crippen molar-refractivity contribution in [2.75, 3.05) is 10.6 Å². The first-order valence-electron chi connectivity index (χ1n) is 5.91. The van der Waals surface area contributed by atoms with Crippen molar-refractivity contribution in [1.82, 2.24) is 0 Å². The summed E-state index contributed by atoms with van der Waals surface area (Å²) in [4.78, 5) is 12.2. The highest BCUT2D eigenvalue weighted by atomic mass is 16.2. The van der Waals surface area contributed by atoms with E-state index in [-0.39, 0.29) is 11.4 Å². The highest BCUT2D eigenvalue weighted by Crippen LogP contribution is 2.40. The summed E-state index contributed by atoms with van der Waals surface area (Å²) in [6, 6.07) is 6.09. The average molecular weight is 216 g/mol. The van der Waals surface area contributed by atoms with Gasteiger partial charge in [0.2, 0.25) is 5.91 Å². The van der Waals surface area contributed by atoms with E-state index < -0.39 is 0 Å². The van der Waals surface area contributed by atoms with Gasteiger partial charge in [0.1, 0.15) is 5.54 Å². The van der Waals surface area contributed by atoms with Crippen LogP contribution in [0.2, 0.25) is 0 Å². The summed E-state index contributed by atoms with van der Waals surface area (Å²) in [5.74, 6) is 0.145. The van der Waals surface area contributed by atoms with Crippen LogP contribution in [0, 0.1) is 6.92 Å². The van der Waals surface area contributed by atoms with Crippen molar-refractivity contribution in [3.8, 4) is 0 Å². The van der Waals surface area contributed by atoms with Crippen molar-refractivity contribution in [3.05, 3.63) is 23.8 Å². The molecular weight excluding hydrogens is 200 g/mol. The maximum Gasteiger partial charge on any atom is 0.250 e. The molecule has 0 radical (unpaired) electrons. The lowest BCUT2D eigenvalue weighted by molar-refractivity contribution is -0.120. The maximum absolute atomic E-state index is 12.2. The maximum atomic E-state index is 12.2. The van der Waals surface area contributed by atoms with Gasteiger partial charge in [-0.3, -0.25) is 4.79 Å². The molecule has 1 aliphatic heterocycles. The van der Waals surface area contributed by atoms with Crippen molar-refractivity contribution in [3.63, 3.8) is 0 Å². The summed E-state index contributed by atoms with van der Waals surface area (Å²) in [5, 5.41) is 6.51. The zero-order chi connectivity index (χ0) is 11.2. The summed E-state index contributed by atoms with van der Waals surface area (Å²) in [6.45, 7) is 2.02. The molecule has 2 N–H and O–H groups in total. The van der Waals surface area contributed by atoms with Gasteiger partial charge in [0.15, 0.2) is 0 Å². The molecular formula is C13H16N2O. The third-order valence-electron chi connectivity index (χ3n) is 3.78. The molecule has 0 saturated heterocycles. The Bertz CT molecular complexity index is 447. The fourth-order valence-corrected chi connectivity index (χ4v) is 2.82. The molecule has 1 aromatic rings. The SMILES string of the molecule is Cc1cccc2c1NC(=O)C1(CCCC1)N2. The predicted molar refractivity (Wildman–Crippen MR) is 64.6 cm³/mol. The van der Waals surface area contributed by atoms with Crippen molar-refractivity contribution in [2.24, 2.45) is 0 Å². The van der Waals surface area contributed by atoms with E-state index in [4.69, 9.17) is 0 Å². The van der Waals surface area contributed by atoms with Crippen LogP contribution in [0.1, 0.15) is 31.2 Å². The largest absolute Gasteiger partial charge is 0.370 e. The highest BCUT2D eigenvalue weighted by Gasteiger charge is 2.44. The van der Waals surface area contributed by atoms with Gasteiger partial charge in [-0.1, -0.05) is 25.0 Å². The molecule has 1 fully saturated rings. The van der Waals surface area contributed by atoms with Crippen LogP contribution in [0.15, 0.2) is 18.2 Å². The molecule has 3 nitrogen and oxygen atoms in total. The van der Waals surface area contributed by atoms with Crippen LogP contribution in [0.3, 0.4) is 0 Å². The number of nitrogens with one attached hydrogen (secondary N) is 2. The van der Waals surface area contributed by atoms with Crippen LogP contribution in [-0.2, 0) is 4.79 Å². The minimum absolute atomic E-state index is 0.145. The minimum atomic E-state index is -0.333. The van der Waals surface area contributed by atoms with Gasteiger partial charge in [-0.05, 0) is 31.4 Å². The Balaban J connectivity index is 2.05. The number of benzene rings is 1. The molecule has 0 atom stereocenters. The predicted octanol–water partition coefficient (Wildman–Crippen LogP) is 2.67. The van der Waals surface area contributed by atoms with E-state index in [9.17, 15) is 4.79 Å². The zero-order valence-electron chi connectivity index (χ0n) is 9.47. The van der Waals surface area contributed by atoms with Crippen molar-refractivity contribution < 1.29 is 4.79 Å². The van der Waals surface area contributed by atoms with E-state index in [1.165, 1.54) is 0 Å². The molecule has 0 aromatic heterocycles. The first-order chi connectivity index (χ1) is 7.71. The Labute approximate surface area is 95.2 Å². The number of anilines is 2. The standard InChI is InChI=1S/C13H16N2O/c1-9-5-4-6-10-11(9)14-12(16)13(15-10)7-2-3-8-13/h4-6,15H,2-3,7-8H2,1H3,(H,14,16). The number of fused-ring (bicyclic) bond motifs is 1. The van der Waals surface area contributed by atoms with Gasteiger partial charge in [0.25, 0.3) is 0 Å². The van der Waals surface area contributed by atoms with Gasteiger partial charge < -0.3 is 10.6 Å². The van der Waals surface area contributed by atoms with E-state index in [1.807, 2.05) is 25.1 Å². The normalized spacial score (nSPS) is 21.4. The van der Waals surface area contributed by atoms with Crippen molar-refractivity contribution in [2.45, 2.75) is 38.1 Å². The number of hydrogen-bond donors (Lipinski definition) is 2.